The lowest BCUT2D eigenvalue weighted by molar-refractivity contribution is 0.631. The highest BCUT2D eigenvalue weighted by Crippen LogP contribution is 2.40. The lowest BCUT2D eigenvalue weighted by Gasteiger charge is -2.16. The average Bonchev–Trinajstić information content (AvgIpc) is 3.79. The standard InChI is InChI=1S/C51H32FN5/c52-44-23-11-7-19-37(44)43-31-35(28-30-42(43)51-54-49(33-15-3-1-4-16-33)53-50(55-51)34-17-5-2-6-18-34)57-47-26-14-10-22-40(47)41-29-27-36(32-48(41)57)56-45-24-12-8-20-38(45)39-21-9-13-25-46(39)56/h1-32H. The molecular formula is C51H32FN5. The molecule has 11 rings (SSSR count). The van der Waals surface area contributed by atoms with Crippen LogP contribution in [0.3, 0.4) is 0 Å². The molecule has 0 bridgehead atoms. The van der Waals surface area contributed by atoms with Gasteiger partial charge in [-0.15, -0.1) is 0 Å². The van der Waals surface area contributed by atoms with Gasteiger partial charge in [-0.05, 0) is 60.2 Å². The van der Waals surface area contributed by atoms with Crippen molar-refractivity contribution in [3.05, 3.63) is 200 Å². The first-order valence-electron chi connectivity index (χ1n) is 19.0. The van der Waals surface area contributed by atoms with Gasteiger partial charge in [-0.3, -0.25) is 0 Å². The fourth-order valence-corrected chi connectivity index (χ4v) is 8.27. The van der Waals surface area contributed by atoms with Crippen LogP contribution in [0.25, 0.3) is 100 Å². The Morgan fingerprint density at radius 2 is 0.754 bits per heavy atom. The lowest BCUT2D eigenvalue weighted by Crippen LogP contribution is -2.02. The van der Waals surface area contributed by atoms with E-state index < -0.39 is 0 Å². The van der Waals surface area contributed by atoms with Gasteiger partial charge in [-0.1, -0.05) is 140 Å². The van der Waals surface area contributed by atoms with Gasteiger partial charge in [0.15, 0.2) is 17.5 Å². The van der Waals surface area contributed by atoms with E-state index in [4.69, 9.17) is 15.0 Å². The van der Waals surface area contributed by atoms with Crippen molar-refractivity contribution in [2.24, 2.45) is 0 Å². The highest BCUT2D eigenvalue weighted by atomic mass is 19.1. The maximum absolute atomic E-state index is 16.0. The van der Waals surface area contributed by atoms with Crippen LogP contribution in [-0.4, -0.2) is 24.1 Å². The molecule has 5 nitrogen and oxygen atoms in total. The Balaban J connectivity index is 1.17. The topological polar surface area (TPSA) is 48.5 Å². The predicted octanol–water partition coefficient (Wildman–Crippen LogP) is 12.9. The Hall–Kier alpha value is -7.70. The van der Waals surface area contributed by atoms with E-state index in [1.54, 1.807) is 6.07 Å². The van der Waals surface area contributed by atoms with E-state index >= 15 is 4.39 Å². The molecule has 0 saturated carbocycles. The van der Waals surface area contributed by atoms with Gasteiger partial charge >= 0.3 is 0 Å². The normalized spacial score (nSPS) is 11.6. The third-order valence-electron chi connectivity index (χ3n) is 10.9. The number of aromatic nitrogens is 5. The summed E-state index contributed by atoms with van der Waals surface area (Å²) in [6.45, 7) is 0. The molecule has 8 aromatic carbocycles. The van der Waals surface area contributed by atoms with Crippen molar-refractivity contribution in [3.8, 4) is 56.7 Å². The maximum atomic E-state index is 16.0. The molecule has 268 valence electrons. The van der Waals surface area contributed by atoms with Crippen molar-refractivity contribution in [1.29, 1.82) is 0 Å². The van der Waals surface area contributed by atoms with Crippen molar-refractivity contribution < 1.29 is 4.39 Å². The van der Waals surface area contributed by atoms with E-state index in [0.29, 0.717) is 34.2 Å². The molecule has 0 spiro atoms. The van der Waals surface area contributed by atoms with E-state index in [9.17, 15) is 0 Å². The van der Waals surface area contributed by atoms with Crippen LogP contribution in [0.1, 0.15) is 0 Å². The van der Waals surface area contributed by atoms with E-state index in [2.05, 4.69) is 112 Å². The Labute approximate surface area is 327 Å². The van der Waals surface area contributed by atoms with Crippen LogP contribution in [0.2, 0.25) is 0 Å². The van der Waals surface area contributed by atoms with Crippen molar-refractivity contribution in [2.75, 3.05) is 0 Å². The SMILES string of the molecule is Fc1ccccc1-c1cc(-n2c3ccccc3c3ccc(-n4c5ccccc5c5ccccc54)cc32)ccc1-c1nc(-c2ccccc2)nc(-c2ccccc2)n1. The number of para-hydroxylation sites is 3. The van der Waals surface area contributed by atoms with Crippen LogP contribution in [-0.2, 0) is 0 Å². The highest BCUT2D eigenvalue weighted by molar-refractivity contribution is 6.12. The number of halogens is 1. The van der Waals surface area contributed by atoms with E-state index in [-0.39, 0.29) is 5.82 Å². The van der Waals surface area contributed by atoms with Gasteiger partial charge in [0.25, 0.3) is 0 Å². The maximum Gasteiger partial charge on any atom is 0.164 e. The number of benzene rings is 8. The van der Waals surface area contributed by atoms with Gasteiger partial charge in [0.2, 0.25) is 0 Å². The zero-order chi connectivity index (χ0) is 37.9. The minimum Gasteiger partial charge on any atom is -0.309 e. The van der Waals surface area contributed by atoms with Crippen LogP contribution >= 0.6 is 0 Å². The van der Waals surface area contributed by atoms with Gasteiger partial charge < -0.3 is 9.13 Å². The molecule has 3 heterocycles. The first-order chi connectivity index (χ1) is 28.2. The molecule has 0 saturated heterocycles. The zero-order valence-electron chi connectivity index (χ0n) is 30.6. The third kappa shape index (κ3) is 5.41. The number of rotatable bonds is 6. The number of hydrogen-bond donors (Lipinski definition) is 0. The Kier molecular flexibility index (Phi) is 7.60. The van der Waals surface area contributed by atoms with Crippen LogP contribution in [0.5, 0.6) is 0 Å². The van der Waals surface area contributed by atoms with Gasteiger partial charge in [0.1, 0.15) is 5.82 Å². The number of hydrogen-bond acceptors (Lipinski definition) is 3. The molecule has 0 radical (unpaired) electrons. The number of fused-ring (bicyclic) bond motifs is 6. The molecule has 0 aliphatic rings. The van der Waals surface area contributed by atoms with Crippen LogP contribution in [0.15, 0.2) is 194 Å². The first kappa shape index (κ1) is 32.7. The van der Waals surface area contributed by atoms with E-state index in [1.807, 2.05) is 78.9 Å². The average molecular weight is 734 g/mol. The van der Waals surface area contributed by atoms with Crippen LogP contribution < -0.4 is 0 Å². The second-order valence-corrected chi connectivity index (χ2v) is 14.2. The van der Waals surface area contributed by atoms with Crippen LogP contribution in [0.4, 0.5) is 4.39 Å². The fraction of sp³-hybridized carbons (Fsp3) is 0. The van der Waals surface area contributed by atoms with Crippen molar-refractivity contribution >= 4 is 43.6 Å². The summed E-state index contributed by atoms with van der Waals surface area (Å²) >= 11 is 0. The Morgan fingerprint density at radius 1 is 0.316 bits per heavy atom. The lowest BCUT2D eigenvalue weighted by atomic mass is 9.97. The molecule has 0 aliphatic carbocycles. The molecular weight excluding hydrogens is 702 g/mol. The van der Waals surface area contributed by atoms with Gasteiger partial charge in [-0.25, -0.2) is 19.3 Å². The molecule has 3 aromatic heterocycles. The molecule has 0 atom stereocenters. The van der Waals surface area contributed by atoms with Crippen molar-refractivity contribution in [2.45, 2.75) is 0 Å². The molecule has 6 heteroatoms. The Morgan fingerprint density at radius 3 is 1.33 bits per heavy atom. The van der Waals surface area contributed by atoms with Gasteiger partial charge in [-0.2, -0.15) is 0 Å². The summed E-state index contributed by atoms with van der Waals surface area (Å²) in [7, 11) is 0. The minimum atomic E-state index is -0.326. The second-order valence-electron chi connectivity index (χ2n) is 14.2. The van der Waals surface area contributed by atoms with Gasteiger partial charge in [0.05, 0.1) is 22.1 Å². The fourth-order valence-electron chi connectivity index (χ4n) is 8.27. The van der Waals surface area contributed by atoms with Crippen LogP contribution in [0, 0.1) is 5.82 Å². The molecule has 0 N–H and O–H groups in total. The highest BCUT2D eigenvalue weighted by Gasteiger charge is 2.21. The summed E-state index contributed by atoms with van der Waals surface area (Å²) in [6.07, 6.45) is 0. The molecule has 0 amide bonds. The minimum absolute atomic E-state index is 0.326. The van der Waals surface area contributed by atoms with E-state index in [0.717, 1.165) is 55.3 Å². The quantitative estimate of drug-likeness (QED) is 0.171. The van der Waals surface area contributed by atoms with Crippen molar-refractivity contribution in [3.63, 3.8) is 0 Å². The predicted molar refractivity (Wildman–Crippen MR) is 230 cm³/mol. The van der Waals surface area contributed by atoms with E-state index in [1.165, 1.54) is 16.8 Å². The van der Waals surface area contributed by atoms with Gasteiger partial charge in [0, 0.05) is 55.2 Å². The summed E-state index contributed by atoms with van der Waals surface area (Å²) in [4.78, 5) is 15.0. The third-order valence-corrected chi connectivity index (χ3v) is 10.9. The molecule has 11 aromatic rings. The molecule has 0 unspecified atom stereocenters. The Bertz CT molecular complexity index is 3200. The summed E-state index contributed by atoms with van der Waals surface area (Å²) in [5.41, 5.74) is 9.92. The summed E-state index contributed by atoms with van der Waals surface area (Å²) in [5, 5.41) is 4.69. The largest absolute Gasteiger partial charge is 0.309 e. The smallest absolute Gasteiger partial charge is 0.164 e. The number of nitrogens with zero attached hydrogens (tertiary/aromatic N) is 5. The molecule has 0 fully saturated rings. The first-order valence-corrected chi connectivity index (χ1v) is 19.0. The van der Waals surface area contributed by atoms with Crippen molar-refractivity contribution in [1.82, 2.24) is 24.1 Å². The summed E-state index contributed by atoms with van der Waals surface area (Å²) in [6, 6.07) is 65.2. The summed E-state index contributed by atoms with van der Waals surface area (Å²) < 4.78 is 20.7. The monoisotopic (exact) mass is 733 g/mol. The second kappa shape index (κ2) is 13.3. The molecule has 0 aliphatic heterocycles. The zero-order valence-corrected chi connectivity index (χ0v) is 30.6. The molecule has 57 heavy (non-hydrogen) atoms. The summed E-state index contributed by atoms with van der Waals surface area (Å²) in [5.74, 6) is 1.22.